The number of nitrogens with one attached hydrogen (secondary N) is 1. The number of ether oxygens (including phenoxy) is 1. The van der Waals surface area contributed by atoms with Crippen LogP contribution in [0.3, 0.4) is 0 Å². The van der Waals surface area contributed by atoms with Gasteiger partial charge >= 0.3 is 6.18 Å². The summed E-state index contributed by atoms with van der Waals surface area (Å²) in [5.74, 6) is 0.721. The fourth-order valence-electron chi connectivity index (χ4n) is 4.97. The number of fused-ring (bicyclic) bond motifs is 1. The Kier molecular flexibility index (Phi) is 9.04. The smallest absolute Gasteiger partial charge is 0.416 e. The third kappa shape index (κ3) is 7.20. The van der Waals surface area contributed by atoms with Crippen molar-refractivity contribution in [3.8, 4) is 16.9 Å². The number of aromatic nitrogens is 3. The van der Waals surface area contributed by atoms with E-state index in [1.54, 1.807) is 17.5 Å². The molecule has 1 saturated heterocycles. The van der Waals surface area contributed by atoms with Crippen LogP contribution in [0.5, 0.6) is 5.75 Å². The summed E-state index contributed by atoms with van der Waals surface area (Å²) in [6.07, 6.45) is -0.508. The number of H-pyrrole nitrogens is 1. The number of halogens is 3. The lowest BCUT2D eigenvalue weighted by molar-refractivity contribution is -0.137. The first kappa shape index (κ1) is 28.5. The van der Waals surface area contributed by atoms with Gasteiger partial charge in [0.15, 0.2) is 0 Å². The first-order valence-corrected chi connectivity index (χ1v) is 14.4. The van der Waals surface area contributed by atoms with E-state index in [0.29, 0.717) is 12.1 Å². The fourth-order valence-corrected chi connectivity index (χ4v) is 6.01. The molecule has 0 aliphatic carbocycles. The number of hydrogen-bond donors (Lipinski definition) is 2. The van der Waals surface area contributed by atoms with Crippen LogP contribution in [0.15, 0.2) is 48.7 Å². The van der Waals surface area contributed by atoms with Gasteiger partial charge in [-0.15, -0.1) is 11.3 Å². The highest BCUT2D eigenvalue weighted by Gasteiger charge is 2.30. The molecule has 5 rings (SSSR count). The van der Waals surface area contributed by atoms with Gasteiger partial charge in [0.2, 0.25) is 0 Å². The van der Waals surface area contributed by atoms with E-state index in [-0.39, 0.29) is 6.61 Å². The van der Waals surface area contributed by atoms with Crippen LogP contribution in [0, 0.1) is 0 Å². The summed E-state index contributed by atoms with van der Waals surface area (Å²) in [5.41, 5.74) is 2.73. The van der Waals surface area contributed by atoms with Crippen molar-refractivity contribution in [3.63, 3.8) is 0 Å². The quantitative estimate of drug-likeness (QED) is 0.255. The number of aliphatic hydroxyl groups is 1. The minimum atomic E-state index is -4.35. The molecule has 7 nitrogen and oxygen atoms in total. The molecule has 2 N–H and O–H groups in total. The van der Waals surface area contributed by atoms with Crippen LogP contribution in [-0.4, -0.2) is 82.1 Å². The van der Waals surface area contributed by atoms with Gasteiger partial charge in [0, 0.05) is 63.0 Å². The monoisotopic (exact) mass is 573 g/mol. The van der Waals surface area contributed by atoms with Crippen molar-refractivity contribution >= 4 is 21.6 Å². The van der Waals surface area contributed by atoms with Gasteiger partial charge < -0.3 is 14.7 Å². The molecule has 3 heterocycles. The molecule has 0 saturated carbocycles. The molecule has 0 bridgehead atoms. The van der Waals surface area contributed by atoms with Gasteiger partial charge in [-0.3, -0.25) is 10.00 Å². The number of aromatic amines is 1. The van der Waals surface area contributed by atoms with Crippen molar-refractivity contribution in [3.05, 3.63) is 64.9 Å². The summed E-state index contributed by atoms with van der Waals surface area (Å²) in [5, 5.41) is 18.8. The van der Waals surface area contributed by atoms with Gasteiger partial charge in [-0.1, -0.05) is 19.1 Å². The molecule has 0 radical (unpaired) electrons. The molecule has 11 heteroatoms. The zero-order chi connectivity index (χ0) is 28.1. The van der Waals surface area contributed by atoms with E-state index < -0.39 is 17.8 Å². The van der Waals surface area contributed by atoms with Gasteiger partial charge in [0.05, 0.1) is 27.0 Å². The summed E-state index contributed by atoms with van der Waals surface area (Å²) in [7, 11) is 0. The lowest BCUT2D eigenvalue weighted by Gasteiger charge is -2.35. The van der Waals surface area contributed by atoms with Gasteiger partial charge in [0.25, 0.3) is 0 Å². The Morgan fingerprint density at radius 3 is 2.52 bits per heavy atom. The Morgan fingerprint density at radius 1 is 1.05 bits per heavy atom. The average molecular weight is 574 g/mol. The Labute approximate surface area is 235 Å². The molecule has 1 fully saturated rings. The van der Waals surface area contributed by atoms with Crippen LogP contribution in [0.1, 0.15) is 29.6 Å². The zero-order valence-electron chi connectivity index (χ0n) is 22.5. The molecule has 0 unspecified atom stereocenters. The number of rotatable bonds is 11. The standard InChI is InChI=1S/C29H34F3N5O2S/c1-2-3-28-34-26-16-23(8-9-27(26)40-28)39-19-22(38)18-37-14-12-36(13-15-37)11-10-25-24(17-33-35-25)20-4-6-21(7-5-20)29(30,31)32/h4-9,16-17,22,38H,2-3,10-15,18-19H2,1H3,(H,33,35)/t22-/m0/s1. The highest BCUT2D eigenvalue weighted by molar-refractivity contribution is 7.18. The van der Waals surface area contributed by atoms with E-state index in [4.69, 9.17) is 4.74 Å². The SMILES string of the molecule is CCCc1nc2cc(OC[C@@H](O)CN3CCN(CCc4[nH]ncc4-c4ccc(C(F)(F)F)cc4)CC3)ccc2s1. The van der Waals surface area contributed by atoms with Crippen LogP contribution in [-0.2, 0) is 19.0 Å². The molecule has 0 spiro atoms. The molecule has 214 valence electrons. The third-order valence-corrected chi connectivity index (χ3v) is 8.26. The molecule has 0 amide bonds. The summed E-state index contributed by atoms with van der Waals surface area (Å²) < 4.78 is 45.7. The predicted molar refractivity (Wildman–Crippen MR) is 151 cm³/mol. The lowest BCUT2D eigenvalue weighted by atomic mass is 10.0. The Hall–Kier alpha value is -2.99. The minimum Gasteiger partial charge on any atom is -0.491 e. The topological polar surface area (TPSA) is 77.5 Å². The third-order valence-electron chi connectivity index (χ3n) is 7.16. The summed E-state index contributed by atoms with van der Waals surface area (Å²) in [4.78, 5) is 9.27. The van der Waals surface area contributed by atoms with Gasteiger partial charge in [-0.25, -0.2) is 4.98 Å². The summed E-state index contributed by atoms with van der Waals surface area (Å²) in [6.45, 7) is 7.17. The first-order valence-electron chi connectivity index (χ1n) is 13.6. The molecule has 4 aromatic rings. The second-order valence-corrected chi connectivity index (χ2v) is 11.3. The maximum atomic E-state index is 12.9. The number of alkyl halides is 3. The van der Waals surface area contributed by atoms with E-state index >= 15 is 0 Å². The van der Waals surface area contributed by atoms with Crippen LogP contribution >= 0.6 is 11.3 Å². The Bertz CT molecular complexity index is 1380. The van der Waals surface area contributed by atoms with Crippen molar-refractivity contribution in [2.45, 2.75) is 38.5 Å². The summed E-state index contributed by atoms with van der Waals surface area (Å²) in [6, 6.07) is 11.1. The van der Waals surface area contributed by atoms with Crippen LogP contribution in [0.2, 0.25) is 0 Å². The molecule has 1 aliphatic rings. The van der Waals surface area contributed by atoms with Crippen LogP contribution in [0.25, 0.3) is 21.3 Å². The molecule has 2 aromatic heterocycles. The highest BCUT2D eigenvalue weighted by Crippen LogP contribution is 2.32. The number of hydrogen-bond acceptors (Lipinski definition) is 7. The number of benzene rings is 2. The largest absolute Gasteiger partial charge is 0.491 e. The number of thiazole rings is 1. The number of β-amino-alcohol motifs (C(OH)–C–C–N with tert-alkyl or cyclic N) is 1. The van der Waals surface area contributed by atoms with Crippen LogP contribution < -0.4 is 4.74 Å². The Balaban J connectivity index is 1.05. The second kappa shape index (κ2) is 12.7. The van der Waals surface area contributed by atoms with E-state index in [1.807, 2.05) is 18.2 Å². The molecular weight excluding hydrogens is 539 g/mol. The van der Waals surface area contributed by atoms with Crippen molar-refractivity contribution in [2.75, 3.05) is 45.9 Å². The highest BCUT2D eigenvalue weighted by atomic mass is 32.1. The second-order valence-electron chi connectivity index (χ2n) is 10.2. The van der Waals surface area contributed by atoms with Crippen molar-refractivity contribution < 1.29 is 23.0 Å². The molecule has 1 atom stereocenters. The van der Waals surface area contributed by atoms with Gasteiger partial charge in [-0.2, -0.15) is 18.3 Å². The van der Waals surface area contributed by atoms with E-state index in [9.17, 15) is 18.3 Å². The van der Waals surface area contributed by atoms with Crippen molar-refractivity contribution in [1.82, 2.24) is 25.0 Å². The normalized spacial score (nSPS) is 16.0. The van der Waals surface area contributed by atoms with Crippen molar-refractivity contribution in [1.29, 1.82) is 0 Å². The number of aliphatic hydroxyl groups excluding tert-OH is 1. The van der Waals surface area contributed by atoms with Gasteiger partial charge in [0.1, 0.15) is 18.5 Å². The van der Waals surface area contributed by atoms with Crippen LogP contribution in [0.4, 0.5) is 13.2 Å². The molecule has 1 aliphatic heterocycles. The predicted octanol–water partition coefficient (Wildman–Crippen LogP) is 5.26. The number of piperazine rings is 1. The van der Waals surface area contributed by atoms with E-state index in [0.717, 1.165) is 96.4 Å². The number of aryl methyl sites for hydroxylation is 1. The molecule has 2 aromatic carbocycles. The maximum Gasteiger partial charge on any atom is 0.416 e. The van der Waals surface area contributed by atoms with E-state index in [1.165, 1.54) is 12.1 Å². The zero-order valence-corrected chi connectivity index (χ0v) is 23.3. The van der Waals surface area contributed by atoms with E-state index in [2.05, 4.69) is 31.9 Å². The molecular formula is C29H34F3N5O2S. The summed E-state index contributed by atoms with van der Waals surface area (Å²) >= 11 is 1.72. The van der Waals surface area contributed by atoms with Crippen molar-refractivity contribution in [2.24, 2.45) is 0 Å². The molecule has 40 heavy (non-hydrogen) atoms. The lowest BCUT2D eigenvalue weighted by Crippen LogP contribution is -2.49. The first-order chi connectivity index (χ1) is 19.3. The fraction of sp³-hybridized carbons (Fsp3) is 0.448. The number of nitrogens with zero attached hydrogens (tertiary/aromatic N) is 4. The Morgan fingerprint density at radius 2 is 1.80 bits per heavy atom. The minimum absolute atomic E-state index is 0.226. The van der Waals surface area contributed by atoms with Gasteiger partial charge in [-0.05, 0) is 42.7 Å². The average Bonchev–Trinajstić information content (AvgIpc) is 3.57. The maximum absolute atomic E-state index is 12.9.